The molecule has 0 bridgehead atoms. The normalized spacial score (nSPS) is 14.5. The standard InChI is InChI=1S/C14H18O4S/c1-2-9-19(16,17)10-8-18-14-5-3-4-11-12(14)6-7-13(11)15/h3-5H,2,6-10H2,1H3. The molecule has 0 saturated carbocycles. The van der Waals surface area contributed by atoms with E-state index in [-0.39, 0.29) is 23.9 Å². The number of benzene rings is 1. The Hall–Kier alpha value is -1.36. The van der Waals surface area contributed by atoms with Crippen LogP contribution in [0.15, 0.2) is 18.2 Å². The molecule has 0 spiro atoms. The zero-order valence-corrected chi connectivity index (χ0v) is 11.8. The first kappa shape index (κ1) is 14.1. The molecule has 2 rings (SSSR count). The quantitative estimate of drug-likeness (QED) is 0.801. The first-order chi connectivity index (χ1) is 9.03. The SMILES string of the molecule is CCCS(=O)(=O)CCOc1cccc2c1CCC2=O. The van der Waals surface area contributed by atoms with Gasteiger partial charge < -0.3 is 4.74 Å². The number of carbonyl (C=O) groups is 1. The van der Waals surface area contributed by atoms with Crippen molar-refractivity contribution in [3.8, 4) is 5.75 Å². The number of carbonyl (C=O) groups excluding carboxylic acids is 1. The molecule has 0 N–H and O–H groups in total. The summed E-state index contributed by atoms with van der Waals surface area (Å²) in [5.74, 6) is 1.01. The van der Waals surface area contributed by atoms with Crippen LogP contribution in [0.5, 0.6) is 5.75 Å². The maximum atomic E-state index is 11.6. The van der Waals surface area contributed by atoms with Gasteiger partial charge in [-0.3, -0.25) is 4.79 Å². The number of ketones is 1. The van der Waals surface area contributed by atoms with E-state index < -0.39 is 9.84 Å². The molecule has 19 heavy (non-hydrogen) atoms. The minimum atomic E-state index is -3.02. The predicted molar refractivity (Wildman–Crippen MR) is 73.5 cm³/mol. The van der Waals surface area contributed by atoms with E-state index in [0.717, 1.165) is 5.56 Å². The molecule has 0 fully saturated rings. The summed E-state index contributed by atoms with van der Waals surface area (Å²) in [5, 5.41) is 0. The van der Waals surface area contributed by atoms with Gasteiger partial charge in [-0.05, 0) is 18.9 Å². The third-order valence-corrected chi connectivity index (χ3v) is 5.02. The van der Waals surface area contributed by atoms with Crippen molar-refractivity contribution in [2.75, 3.05) is 18.1 Å². The lowest BCUT2D eigenvalue weighted by molar-refractivity contribution is 0.0994. The molecule has 1 aromatic rings. The molecule has 0 radical (unpaired) electrons. The summed E-state index contributed by atoms with van der Waals surface area (Å²) in [6.45, 7) is 1.99. The second-order valence-electron chi connectivity index (χ2n) is 4.71. The van der Waals surface area contributed by atoms with Crippen LogP contribution < -0.4 is 4.74 Å². The molecular weight excluding hydrogens is 264 g/mol. The lowest BCUT2D eigenvalue weighted by Crippen LogP contribution is -2.17. The van der Waals surface area contributed by atoms with Crippen LogP contribution in [0, 0.1) is 0 Å². The van der Waals surface area contributed by atoms with Crippen molar-refractivity contribution >= 4 is 15.6 Å². The largest absolute Gasteiger partial charge is 0.492 e. The zero-order chi connectivity index (χ0) is 13.9. The highest BCUT2D eigenvalue weighted by molar-refractivity contribution is 7.91. The second kappa shape index (κ2) is 5.74. The summed E-state index contributed by atoms with van der Waals surface area (Å²) in [4.78, 5) is 11.6. The zero-order valence-electron chi connectivity index (χ0n) is 11.0. The van der Waals surface area contributed by atoms with E-state index in [1.54, 1.807) is 18.2 Å². The fourth-order valence-electron chi connectivity index (χ4n) is 2.28. The van der Waals surface area contributed by atoms with E-state index in [9.17, 15) is 13.2 Å². The van der Waals surface area contributed by atoms with Gasteiger partial charge in [0.2, 0.25) is 0 Å². The van der Waals surface area contributed by atoms with Gasteiger partial charge in [0.1, 0.15) is 12.4 Å². The third kappa shape index (κ3) is 3.35. The molecule has 0 atom stereocenters. The molecule has 0 aromatic heterocycles. The maximum absolute atomic E-state index is 11.6. The smallest absolute Gasteiger partial charge is 0.163 e. The second-order valence-corrected chi connectivity index (χ2v) is 7.01. The van der Waals surface area contributed by atoms with Gasteiger partial charge in [-0.15, -0.1) is 0 Å². The number of fused-ring (bicyclic) bond motifs is 1. The average Bonchev–Trinajstić information content (AvgIpc) is 2.72. The van der Waals surface area contributed by atoms with Gasteiger partial charge in [-0.1, -0.05) is 19.1 Å². The van der Waals surface area contributed by atoms with Gasteiger partial charge in [0.05, 0.1) is 11.5 Å². The monoisotopic (exact) mass is 282 g/mol. The third-order valence-electron chi connectivity index (χ3n) is 3.20. The van der Waals surface area contributed by atoms with E-state index in [1.807, 2.05) is 6.92 Å². The first-order valence-electron chi connectivity index (χ1n) is 6.52. The minimum Gasteiger partial charge on any atom is -0.492 e. The summed E-state index contributed by atoms with van der Waals surface area (Å²) in [6, 6.07) is 5.37. The van der Waals surface area contributed by atoms with Gasteiger partial charge >= 0.3 is 0 Å². The number of Topliss-reactive ketones (excluding diaryl/α,β-unsaturated/α-hetero) is 1. The van der Waals surface area contributed by atoms with Crippen LogP contribution in [-0.2, 0) is 16.3 Å². The van der Waals surface area contributed by atoms with Crippen molar-refractivity contribution in [1.82, 2.24) is 0 Å². The topological polar surface area (TPSA) is 60.4 Å². The lowest BCUT2D eigenvalue weighted by atomic mass is 10.1. The van der Waals surface area contributed by atoms with Gasteiger partial charge in [0, 0.05) is 17.5 Å². The fraction of sp³-hybridized carbons (Fsp3) is 0.500. The summed E-state index contributed by atoms with van der Waals surface area (Å²) < 4.78 is 28.7. The van der Waals surface area contributed by atoms with E-state index >= 15 is 0 Å². The molecular formula is C14H18O4S. The van der Waals surface area contributed by atoms with E-state index in [0.29, 0.717) is 30.6 Å². The first-order valence-corrected chi connectivity index (χ1v) is 8.34. The van der Waals surface area contributed by atoms with Crippen LogP contribution in [0.4, 0.5) is 0 Å². The van der Waals surface area contributed by atoms with Crippen molar-refractivity contribution in [3.63, 3.8) is 0 Å². The van der Waals surface area contributed by atoms with Crippen LogP contribution in [0.3, 0.4) is 0 Å². The van der Waals surface area contributed by atoms with E-state index in [2.05, 4.69) is 0 Å². The predicted octanol–water partition coefficient (Wildman–Crippen LogP) is 2.02. The van der Waals surface area contributed by atoms with Crippen molar-refractivity contribution < 1.29 is 17.9 Å². The van der Waals surface area contributed by atoms with Crippen molar-refractivity contribution in [2.24, 2.45) is 0 Å². The highest BCUT2D eigenvalue weighted by atomic mass is 32.2. The summed E-state index contributed by atoms with van der Waals surface area (Å²) in [6.07, 6.45) is 1.83. The Balaban J connectivity index is 2.00. The number of rotatable bonds is 6. The van der Waals surface area contributed by atoms with Gasteiger partial charge in [0.15, 0.2) is 15.6 Å². The Morgan fingerprint density at radius 3 is 2.74 bits per heavy atom. The molecule has 1 aromatic carbocycles. The van der Waals surface area contributed by atoms with Crippen molar-refractivity contribution in [2.45, 2.75) is 26.2 Å². The van der Waals surface area contributed by atoms with E-state index in [1.165, 1.54) is 0 Å². The minimum absolute atomic E-state index is 0.0262. The van der Waals surface area contributed by atoms with Crippen LogP contribution >= 0.6 is 0 Å². The van der Waals surface area contributed by atoms with Crippen LogP contribution in [-0.4, -0.2) is 32.3 Å². The molecule has 5 heteroatoms. The van der Waals surface area contributed by atoms with E-state index in [4.69, 9.17) is 4.74 Å². The van der Waals surface area contributed by atoms with Crippen molar-refractivity contribution in [1.29, 1.82) is 0 Å². The Morgan fingerprint density at radius 1 is 1.21 bits per heavy atom. The molecule has 0 unspecified atom stereocenters. The van der Waals surface area contributed by atoms with Gasteiger partial charge in [-0.2, -0.15) is 0 Å². The Bertz CT molecular complexity index is 575. The Kier molecular flexibility index (Phi) is 4.24. The molecule has 0 amide bonds. The van der Waals surface area contributed by atoms with Crippen LogP contribution in [0.25, 0.3) is 0 Å². The molecule has 0 saturated heterocycles. The molecule has 0 aliphatic heterocycles. The lowest BCUT2D eigenvalue weighted by Gasteiger charge is -2.10. The summed E-state index contributed by atoms with van der Waals surface area (Å²) in [7, 11) is -3.02. The number of hydrogen-bond acceptors (Lipinski definition) is 4. The van der Waals surface area contributed by atoms with Gasteiger partial charge in [-0.25, -0.2) is 8.42 Å². The van der Waals surface area contributed by atoms with Crippen LogP contribution in [0.1, 0.15) is 35.7 Å². The average molecular weight is 282 g/mol. The highest BCUT2D eigenvalue weighted by Gasteiger charge is 2.22. The Labute approximate surface area is 113 Å². The number of hydrogen-bond donors (Lipinski definition) is 0. The van der Waals surface area contributed by atoms with Crippen molar-refractivity contribution in [3.05, 3.63) is 29.3 Å². The van der Waals surface area contributed by atoms with Crippen LogP contribution in [0.2, 0.25) is 0 Å². The molecule has 1 aliphatic carbocycles. The number of ether oxygens (including phenoxy) is 1. The molecule has 104 valence electrons. The summed E-state index contributed by atoms with van der Waals surface area (Å²) in [5.41, 5.74) is 1.63. The van der Waals surface area contributed by atoms with Gasteiger partial charge in [0.25, 0.3) is 0 Å². The molecule has 1 aliphatic rings. The fourth-order valence-corrected chi connectivity index (χ4v) is 3.45. The maximum Gasteiger partial charge on any atom is 0.163 e. The number of sulfone groups is 1. The molecule has 0 heterocycles. The molecule has 4 nitrogen and oxygen atoms in total. The summed E-state index contributed by atoms with van der Waals surface area (Å²) >= 11 is 0. The Morgan fingerprint density at radius 2 is 2.00 bits per heavy atom. The highest BCUT2D eigenvalue weighted by Crippen LogP contribution is 2.30.